The van der Waals surface area contributed by atoms with Gasteiger partial charge in [-0.05, 0) is 12.5 Å². The van der Waals surface area contributed by atoms with E-state index in [1.54, 1.807) is 4.57 Å². The molecule has 2 N–H and O–H groups in total. The lowest BCUT2D eigenvalue weighted by Crippen LogP contribution is -2.24. The molecule has 0 saturated carbocycles. The molecule has 0 atom stereocenters. The van der Waals surface area contributed by atoms with Gasteiger partial charge in [0.05, 0.1) is 0 Å². The first kappa shape index (κ1) is 16.0. The molecule has 0 aliphatic carbocycles. The Morgan fingerprint density at radius 2 is 1.68 bits per heavy atom. The van der Waals surface area contributed by atoms with Gasteiger partial charge in [0, 0.05) is 24.8 Å². The topological polar surface area (TPSA) is 48.0 Å². The number of hydrogen-bond acceptors (Lipinski definition) is 2. The molecule has 3 heteroatoms. The van der Waals surface area contributed by atoms with Crippen LogP contribution in [0.3, 0.4) is 0 Å². The predicted octanol–water partition coefficient (Wildman–Crippen LogP) is 3.45. The van der Waals surface area contributed by atoms with Crippen LogP contribution in [0.2, 0.25) is 0 Å². The van der Waals surface area contributed by atoms with Crippen molar-refractivity contribution in [3.63, 3.8) is 0 Å². The average Bonchev–Trinajstić information content (AvgIpc) is 2.43. The van der Waals surface area contributed by atoms with Crippen molar-refractivity contribution < 1.29 is 0 Å². The highest BCUT2D eigenvalue weighted by Crippen LogP contribution is 2.08. The van der Waals surface area contributed by atoms with Crippen LogP contribution >= 0.6 is 0 Å². The number of pyridine rings is 1. The van der Waals surface area contributed by atoms with Crippen molar-refractivity contribution in [2.75, 3.05) is 0 Å². The summed E-state index contributed by atoms with van der Waals surface area (Å²) in [4.78, 5) is 11.9. The van der Waals surface area contributed by atoms with Crippen molar-refractivity contribution in [2.24, 2.45) is 5.73 Å². The normalized spacial score (nSPS) is 10.8. The number of aromatic nitrogens is 1. The van der Waals surface area contributed by atoms with Crippen LogP contribution in [0.1, 0.15) is 63.9 Å². The minimum atomic E-state index is 0.0768. The molecule has 0 bridgehead atoms. The SMILES string of the molecule is CCCCCCCCCCn1cccc(CN)c1=O. The monoisotopic (exact) mass is 264 g/mol. The number of hydrogen-bond donors (Lipinski definition) is 1. The summed E-state index contributed by atoms with van der Waals surface area (Å²) in [6, 6.07) is 3.72. The Bertz CT molecular complexity index is 398. The van der Waals surface area contributed by atoms with E-state index in [4.69, 9.17) is 5.73 Å². The molecule has 19 heavy (non-hydrogen) atoms. The third-order valence-corrected chi connectivity index (χ3v) is 3.57. The van der Waals surface area contributed by atoms with Gasteiger partial charge in [0.15, 0.2) is 0 Å². The van der Waals surface area contributed by atoms with Gasteiger partial charge in [-0.25, -0.2) is 0 Å². The lowest BCUT2D eigenvalue weighted by atomic mass is 10.1. The van der Waals surface area contributed by atoms with Crippen LogP contribution in [0.4, 0.5) is 0 Å². The maximum absolute atomic E-state index is 11.9. The quantitative estimate of drug-likeness (QED) is 0.658. The van der Waals surface area contributed by atoms with Crippen molar-refractivity contribution in [1.82, 2.24) is 4.57 Å². The van der Waals surface area contributed by atoms with Crippen molar-refractivity contribution in [1.29, 1.82) is 0 Å². The van der Waals surface area contributed by atoms with E-state index >= 15 is 0 Å². The second kappa shape index (κ2) is 9.79. The van der Waals surface area contributed by atoms with Crippen LogP contribution in [-0.4, -0.2) is 4.57 Å². The molecule has 0 aromatic carbocycles. The smallest absolute Gasteiger partial charge is 0.255 e. The van der Waals surface area contributed by atoms with Gasteiger partial charge in [0.1, 0.15) is 0 Å². The first-order valence-corrected chi connectivity index (χ1v) is 7.68. The van der Waals surface area contributed by atoms with Gasteiger partial charge >= 0.3 is 0 Å². The summed E-state index contributed by atoms with van der Waals surface area (Å²) >= 11 is 0. The van der Waals surface area contributed by atoms with Crippen molar-refractivity contribution in [3.8, 4) is 0 Å². The van der Waals surface area contributed by atoms with Gasteiger partial charge < -0.3 is 10.3 Å². The van der Waals surface area contributed by atoms with E-state index in [-0.39, 0.29) is 5.56 Å². The Labute approximate surface area is 116 Å². The molecule has 1 aromatic heterocycles. The Hall–Kier alpha value is -1.09. The first-order valence-electron chi connectivity index (χ1n) is 7.68. The summed E-state index contributed by atoms with van der Waals surface area (Å²) in [6.45, 7) is 3.39. The van der Waals surface area contributed by atoms with E-state index in [1.807, 2.05) is 18.3 Å². The highest BCUT2D eigenvalue weighted by Gasteiger charge is 2.00. The van der Waals surface area contributed by atoms with E-state index in [0.29, 0.717) is 12.1 Å². The van der Waals surface area contributed by atoms with Gasteiger partial charge in [-0.15, -0.1) is 0 Å². The minimum Gasteiger partial charge on any atom is -0.326 e. The summed E-state index contributed by atoms with van der Waals surface area (Å²) in [5.74, 6) is 0. The van der Waals surface area contributed by atoms with Crippen LogP contribution < -0.4 is 11.3 Å². The third-order valence-electron chi connectivity index (χ3n) is 3.57. The highest BCUT2D eigenvalue weighted by molar-refractivity contribution is 5.09. The molecular weight excluding hydrogens is 236 g/mol. The maximum atomic E-state index is 11.9. The zero-order valence-electron chi connectivity index (χ0n) is 12.2. The van der Waals surface area contributed by atoms with Crippen molar-refractivity contribution in [3.05, 3.63) is 34.2 Å². The lowest BCUT2D eigenvalue weighted by molar-refractivity contribution is 0.536. The van der Waals surface area contributed by atoms with E-state index in [9.17, 15) is 4.79 Å². The molecule has 3 nitrogen and oxygen atoms in total. The lowest BCUT2D eigenvalue weighted by Gasteiger charge is -2.07. The maximum Gasteiger partial charge on any atom is 0.255 e. The average molecular weight is 264 g/mol. The standard InChI is InChI=1S/C16H28N2O/c1-2-3-4-5-6-7-8-9-12-18-13-10-11-15(14-17)16(18)19/h10-11,13H,2-9,12,14,17H2,1H3. The van der Waals surface area contributed by atoms with Crippen LogP contribution in [0, 0.1) is 0 Å². The van der Waals surface area contributed by atoms with Gasteiger partial charge in [0.25, 0.3) is 5.56 Å². The van der Waals surface area contributed by atoms with E-state index in [0.717, 1.165) is 13.0 Å². The van der Waals surface area contributed by atoms with Crippen LogP contribution in [0.25, 0.3) is 0 Å². The molecule has 0 fully saturated rings. The van der Waals surface area contributed by atoms with Crippen LogP contribution in [0.5, 0.6) is 0 Å². The third kappa shape index (κ3) is 6.06. The number of nitrogens with zero attached hydrogens (tertiary/aromatic N) is 1. The first-order chi connectivity index (χ1) is 9.29. The molecule has 0 aliphatic rings. The Balaban J connectivity index is 2.18. The van der Waals surface area contributed by atoms with E-state index < -0.39 is 0 Å². The molecule has 0 unspecified atom stereocenters. The molecule has 0 spiro atoms. The fraction of sp³-hybridized carbons (Fsp3) is 0.688. The van der Waals surface area contributed by atoms with Gasteiger partial charge in [-0.1, -0.05) is 57.9 Å². The molecule has 0 saturated heterocycles. The molecule has 1 heterocycles. The van der Waals surface area contributed by atoms with E-state index in [1.165, 1.54) is 44.9 Å². The number of unbranched alkanes of at least 4 members (excludes halogenated alkanes) is 7. The minimum absolute atomic E-state index is 0.0768. The Morgan fingerprint density at radius 3 is 2.32 bits per heavy atom. The Kier molecular flexibility index (Phi) is 8.23. The number of aryl methyl sites for hydroxylation is 1. The van der Waals surface area contributed by atoms with Crippen molar-refractivity contribution >= 4 is 0 Å². The summed E-state index contributed by atoms with van der Waals surface area (Å²) in [5, 5.41) is 0. The zero-order valence-corrected chi connectivity index (χ0v) is 12.2. The van der Waals surface area contributed by atoms with Gasteiger partial charge in [-0.3, -0.25) is 4.79 Å². The second-order valence-electron chi connectivity index (χ2n) is 5.21. The largest absolute Gasteiger partial charge is 0.326 e. The molecule has 1 rings (SSSR count). The molecule has 0 radical (unpaired) electrons. The summed E-state index contributed by atoms with van der Waals surface area (Å²) in [6.07, 6.45) is 12.2. The zero-order chi connectivity index (χ0) is 13.9. The summed E-state index contributed by atoms with van der Waals surface area (Å²) in [7, 11) is 0. The van der Waals surface area contributed by atoms with Gasteiger partial charge in [0.2, 0.25) is 0 Å². The van der Waals surface area contributed by atoms with E-state index in [2.05, 4.69) is 6.92 Å². The second-order valence-corrected chi connectivity index (χ2v) is 5.21. The van der Waals surface area contributed by atoms with Crippen LogP contribution in [0.15, 0.2) is 23.1 Å². The summed E-state index contributed by atoms with van der Waals surface area (Å²) < 4.78 is 1.79. The fourth-order valence-corrected chi connectivity index (χ4v) is 2.33. The highest BCUT2D eigenvalue weighted by atomic mass is 16.1. The molecule has 108 valence electrons. The van der Waals surface area contributed by atoms with Crippen LogP contribution in [-0.2, 0) is 13.1 Å². The predicted molar refractivity (Wildman–Crippen MR) is 81.2 cm³/mol. The van der Waals surface area contributed by atoms with Crippen molar-refractivity contribution in [2.45, 2.75) is 71.4 Å². The molecular formula is C16H28N2O. The fourth-order valence-electron chi connectivity index (χ4n) is 2.33. The van der Waals surface area contributed by atoms with Gasteiger partial charge in [-0.2, -0.15) is 0 Å². The number of nitrogens with two attached hydrogens (primary N) is 1. The Morgan fingerprint density at radius 1 is 1.05 bits per heavy atom. The summed E-state index contributed by atoms with van der Waals surface area (Å²) in [5.41, 5.74) is 6.33. The molecule has 1 aromatic rings. The molecule has 0 aliphatic heterocycles. The number of rotatable bonds is 10. The molecule has 0 amide bonds.